The summed E-state index contributed by atoms with van der Waals surface area (Å²) in [7, 11) is -3.89. The van der Waals surface area contributed by atoms with Crippen LogP contribution in [0.2, 0.25) is 0 Å². The van der Waals surface area contributed by atoms with Crippen LogP contribution in [0.25, 0.3) is 0 Å². The van der Waals surface area contributed by atoms with Crippen LogP contribution in [0.3, 0.4) is 0 Å². The van der Waals surface area contributed by atoms with E-state index >= 15 is 0 Å². The number of benzene rings is 3. The van der Waals surface area contributed by atoms with Crippen LogP contribution < -0.4 is 4.90 Å². The fraction of sp³-hybridized carbons (Fsp3) is 0.167. The Morgan fingerprint density at radius 3 is 2.58 bits per heavy atom. The average molecular weight is 450 g/mol. The molecule has 1 amide bonds. The van der Waals surface area contributed by atoms with E-state index in [0.29, 0.717) is 6.54 Å². The molecule has 5 rings (SSSR count). The molecule has 0 aromatic heterocycles. The maximum absolute atomic E-state index is 13.5. The average Bonchev–Trinajstić information content (AvgIpc) is 2.99. The number of thioether (sulfide) groups is 1. The Morgan fingerprint density at radius 1 is 0.968 bits per heavy atom. The van der Waals surface area contributed by atoms with Gasteiger partial charge in [0.2, 0.25) is 9.84 Å². The maximum Gasteiger partial charge on any atom is 0.258 e. The first-order valence-electron chi connectivity index (χ1n) is 9.96. The molecule has 0 aliphatic carbocycles. The molecule has 0 N–H and O–H groups in total. The summed E-state index contributed by atoms with van der Waals surface area (Å²) in [6.45, 7) is 2.56. The molecule has 31 heavy (non-hydrogen) atoms. The summed E-state index contributed by atoms with van der Waals surface area (Å²) >= 11 is 1.72. The number of nitrogens with zero attached hydrogens (tertiary/aromatic N) is 1. The molecular formula is C24H19NO4S2. The van der Waals surface area contributed by atoms with Gasteiger partial charge in [0, 0.05) is 28.1 Å². The molecular weight excluding hydrogens is 430 g/mol. The summed E-state index contributed by atoms with van der Waals surface area (Å²) < 4.78 is 26.4. The topological polar surface area (TPSA) is 71.5 Å². The first-order chi connectivity index (χ1) is 14.9. The van der Waals surface area contributed by atoms with Gasteiger partial charge in [-0.05, 0) is 67.1 Å². The standard InChI is InChI=1S/C24H19NO4S2/c1-15-7-10-19-20(13-15)30-12-4-11-25(19)24(27)16-8-9-18-22(14-16)31(28,29)21-6-3-2-5-17(21)23(18)26/h2-3,5-10,13-14H,4,11-12H2,1H3. The largest absolute Gasteiger partial charge is 0.307 e. The monoisotopic (exact) mass is 449 g/mol. The predicted octanol–water partition coefficient (Wildman–Crippen LogP) is 4.51. The zero-order valence-electron chi connectivity index (χ0n) is 16.8. The van der Waals surface area contributed by atoms with Gasteiger partial charge < -0.3 is 4.90 Å². The molecule has 7 heteroatoms. The molecule has 0 atom stereocenters. The van der Waals surface area contributed by atoms with Crippen LogP contribution in [0.1, 0.15) is 38.3 Å². The lowest BCUT2D eigenvalue weighted by atomic mass is 10.0. The lowest BCUT2D eigenvalue weighted by Gasteiger charge is -2.24. The van der Waals surface area contributed by atoms with E-state index in [0.717, 1.165) is 28.3 Å². The summed E-state index contributed by atoms with van der Waals surface area (Å²) in [5, 5.41) is 0. The Kier molecular flexibility index (Phi) is 4.75. The minimum Gasteiger partial charge on any atom is -0.307 e. The summed E-state index contributed by atoms with van der Waals surface area (Å²) in [5.41, 5.74) is 2.49. The molecule has 0 fully saturated rings. The molecule has 2 heterocycles. The van der Waals surface area contributed by atoms with Gasteiger partial charge in [-0.3, -0.25) is 9.59 Å². The third-order valence-electron chi connectivity index (χ3n) is 5.62. The van der Waals surface area contributed by atoms with Gasteiger partial charge in [0.15, 0.2) is 5.78 Å². The fourth-order valence-electron chi connectivity index (χ4n) is 4.07. The van der Waals surface area contributed by atoms with E-state index in [2.05, 4.69) is 6.07 Å². The third kappa shape index (κ3) is 3.20. The first-order valence-corrected chi connectivity index (χ1v) is 12.4. The second-order valence-corrected chi connectivity index (χ2v) is 10.7. The highest BCUT2D eigenvalue weighted by atomic mass is 32.2. The second kappa shape index (κ2) is 7.35. The van der Waals surface area contributed by atoms with Crippen molar-refractivity contribution in [1.82, 2.24) is 0 Å². The Bertz CT molecular complexity index is 1360. The molecule has 0 radical (unpaired) electrons. The lowest BCUT2D eigenvalue weighted by molar-refractivity contribution is 0.0983. The number of anilines is 1. The van der Waals surface area contributed by atoms with Crippen LogP contribution in [-0.4, -0.2) is 32.4 Å². The number of sulfone groups is 1. The normalized spacial score (nSPS) is 16.7. The number of carbonyl (C=O) groups excluding carboxylic acids is 2. The number of carbonyl (C=O) groups is 2. The van der Waals surface area contributed by atoms with Gasteiger partial charge in [0.1, 0.15) is 0 Å². The molecule has 3 aromatic carbocycles. The highest BCUT2D eigenvalue weighted by Crippen LogP contribution is 2.37. The van der Waals surface area contributed by atoms with Crippen LogP contribution >= 0.6 is 11.8 Å². The van der Waals surface area contributed by atoms with Gasteiger partial charge in [0.25, 0.3) is 5.91 Å². The number of amides is 1. The van der Waals surface area contributed by atoms with Crippen molar-refractivity contribution in [3.63, 3.8) is 0 Å². The van der Waals surface area contributed by atoms with E-state index in [1.165, 1.54) is 24.3 Å². The number of aryl methyl sites for hydroxylation is 1. The summed E-state index contributed by atoms with van der Waals surface area (Å²) in [6, 6.07) is 16.5. The molecule has 0 unspecified atom stereocenters. The molecule has 0 saturated heterocycles. The SMILES string of the molecule is Cc1ccc2c(c1)SCCCN2C(=O)c1ccc2c(c1)S(=O)(=O)c1ccccc1C2=O. The zero-order chi connectivity index (χ0) is 21.8. The molecule has 0 bridgehead atoms. The summed E-state index contributed by atoms with van der Waals surface area (Å²) in [4.78, 5) is 29.0. The molecule has 2 aliphatic rings. The van der Waals surface area contributed by atoms with Gasteiger partial charge in [-0.15, -0.1) is 11.8 Å². The summed E-state index contributed by atoms with van der Waals surface area (Å²) in [6.07, 6.45) is 0.833. The van der Waals surface area contributed by atoms with Crippen molar-refractivity contribution in [3.8, 4) is 0 Å². The van der Waals surface area contributed by atoms with Gasteiger partial charge >= 0.3 is 0 Å². The Balaban J connectivity index is 1.60. The van der Waals surface area contributed by atoms with Crippen LogP contribution in [0.5, 0.6) is 0 Å². The predicted molar refractivity (Wildman–Crippen MR) is 120 cm³/mol. The number of hydrogen-bond acceptors (Lipinski definition) is 5. The highest BCUT2D eigenvalue weighted by molar-refractivity contribution is 7.99. The van der Waals surface area contributed by atoms with Gasteiger partial charge in [-0.25, -0.2) is 8.42 Å². The number of rotatable bonds is 1. The van der Waals surface area contributed by atoms with Crippen molar-refractivity contribution in [1.29, 1.82) is 0 Å². The smallest absolute Gasteiger partial charge is 0.258 e. The van der Waals surface area contributed by atoms with E-state index in [4.69, 9.17) is 0 Å². The van der Waals surface area contributed by atoms with Crippen molar-refractivity contribution in [2.75, 3.05) is 17.2 Å². The molecule has 3 aromatic rings. The van der Waals surface area contributed by atoms with Crippen molar-refractivity contribution in [3.05, 3.63) is 82.9 Å². The lowest BCUT2D eigenvalue weighted by Crippen LogP contribution is -2.32. The van der Waals surface area contributed by atoms with Crippen LogP contribution in [0, 0.1) is 6.92 Å². The fourth-order valence-corrected chi connectivity index (χ4v) is 6.84. The number of fused-ring (bicyclic) bond motifs is 3. The van der Waals surface area contributed by atoms with Crippen LogP contribution in [-0.2, 0) is 9.84 Å². The molecule has 0 spiro atoms. The van der Waals surface area contributed by atoms with Crippen molar-refractivity contribution in [2.24, 2.45) is 0 Å². The Labute approximate surface area is 185 Å². The second-order valence-electron chi connectivity index (χ2n) is 7.67. The minimum atomic E-state index is -3.89. The van der Waals surface area contributed by atoms with Gasteiger partial charge in [-0.1, -0.05) is 18.2 Å². The minimum absolute atomic E-state index is 0.0101. The van der Waals surface area contributed by atoms with Crippen LogP contribution in [0.15, 0.2) is 75.4 Å². The van der Waals surface area contributed by atoms with Gasteiger partial charge in [-0.2, -0.15) is 0 Å². The number of hydrogen-bond donors (Lipinski definition) is 0. The molecule has 2 aliphatic heterocycles. The van der Waals surface area contributed by atoms with Crippen molar-refractivity contribution in [2.45, 2.75) is 28.0 Å². The Hall–Kier alpha value is -2.90. The summed E-state index contributed by atoms with van der Waals surface area (Å²) in [5.74, 6) is 0.299. The van der Waals surface area contributed by atoms with E-state index in [9.17, 15) is 18.0 Å². The van der Waals surface area contributed by atoms with Crippen molar-refractivity contribution >= 4 is 39.0 Å². The van der Waals surface area contributed by atoms with Crippen LogP contribution in [0.4, 0.5) is 5.69 Å². The number of ketones is 1. The van der Waals surface area contributed by atoms with Crippen molar-refractivity contribution < 1.29 is 18.0 Å². The zero-order valence-corrected chi connectivity index (χ0v) is 18.4. The molecule has 0 saturated carbocycles. The van der Waals surface area contributed by atoms with E-state index < -0.39 is 9.84 Å². The van der Waals surface area contributed by atoms with E-state index in [-0.39, 0.29) is 38.2 Å². The Morgan fingerprint density at radius 2 is 1.74 bits per heavy atom. The third-order valence-corrected chi connectivity index (χ3v) is 8.60. The first kappa shape index (κ1) is 20.0. The maximum atomic E-state index is 13.5. The van der Waals surface area contributed by atoms with E-state index in [1.807, 2.05) is 19.1 Å². The molecule has 156 valence electrons. The quantitative estimate of drug-likeness (QED) is 0.427. The highest BCUT2D eigenvalue weighted by Gasteiger charge is 2.35. The van der Waals surface area contributed by atoms with Gasteiger partial charge in [0.05, 0.1) is 15.5 Å². The van der Waals surface area contributed by atoms with E-state index in [1.54, 1.807) is 34.9 Å². The molecule has 5 nitrogen and oxygen atoms in total.